The van der Waals surface area contributed by atoms with Gasteiger partial charge in [0, 0.05) is 2.85 Å². The highest BCUT2D eigenvalue weighted by Gasteiger charge is 2.35. The van der Waals surface area contributed by atoms with Gasteiger partial charge >= 0.3 is 0 Å². The molecule has 0 heterocycles. The summed E-state index contributed by atoms with van der Waals surface area (Å²) in [5.41, 5.74) is 0.803. The van der Waals surface area contributed by atoms with Crippen LogP contribution in [0.25, 0.3) is 0 Å². The van der Waals surface area contributed by atoms with E-state index in [0.29, 0.717) is 0 Å². The Morgan fingerprint density at radius 3 is 1.86 bits per heavy atom. The van der Waals surface area contributed by atoms with Gasteiger partial charge < -0.3 is 0 Å². The quantitative estimate of drug-likeness (QED) is 0.497. The third-order valence-corrected chi connectivity index (χ3v) is 4.91. The Labute approximate surface area is 92.4 Å². The van der Waals surface area contributed by atoms with Gasteiger partial charge in [-0.05, 0) is 42.9 Å². The van der Waals surface area contributed by atoms with Gasteiger partial charge in [0.05, 0.1) is 0 Å². The van der Waals surface area contributed by atoms with Crippen LogP contribution in [0.4, 0.5) is 0 Å². The Balaban J connectivity index is 0.00000112. The Morgan fingerprint density at radius 2 is 1.29 bits per heavy atom. The fourth-order valence-electron chi connectivity index (χ4n) is 3.52. The highest BCUT2D eigenvalue weighted by atomic mass is 14.4. The van der Waals surface area contributed by atoms with E-state index < -0.39 is 0 Å². The lowest BCUT2D eigenvalue weighted by molar-refractivity contribution is 0.131. The molecule has 0 heteroatoms. The molecule has 2 fully saturated rings. The highest BCUT2D eigenvalue weighted by Crippen LogP contribution is 2.48. The molecule has 2 saturated carbocycles. The van der Waals surface area contributed by atoms with Crippen LogP contribution in [0.5, 0.6) is 0 Å². The summed E-state index contributed by atoms with van der Waals surface area (Å²) in [7, 11) is 0. The predicted molar refractivity (Wildman–Crippen MR) is 66.5 cm³/mol. The van der Waals surface area contributed by atoms with E-state index >= 15 is 0 Å². The van der Waals surface area contributed by atoms with Crippen LogP contribution in [-0.4, -0.2) is 0 Å². The maximum absolute atomic E-state index is 2.45. The second kappa shape index (κ2) is 4.24. The topological polar surface area (TPSA) is 0 Å². The molecule has 0 bridgehead atoms. The SMILES string of the molecule is CC1CCCC2(CC1)CCC(C)CC2.[HH].[HH]. The molecule has 0 aromatic heterocycles. The first kappa shape index (κ1) is 10.5. The molecule has 86 valence electrons. The smallest absolute Gasteiger partial charge is 0 e. The van der Waals surface area contributed by atoms with Crippen LogP contribution in [0.2, 0.25) is 0 Å². The molecule has 14 heavy (non-hydrogen) atoms. The number of hydrogen-bond donors (Lipinski definition) is 0. The second-order valence-corrected chi connectivity index (χ2v) is 6.22. The van der Waals surface area contributed by atoms with Crippen LogP contribution in [0, 0.1) is 17.3 Å². The standard InChI is InChI=1S/C14H26.2H2/c1-12-4-3-8-14(9-5-12)10-6-13(2)7-11-14;;/h12-13H,3-11H2,1-2H3;2*1H. The molecule has 2 aliphatic rings. The monoisotopic (exact) mass is 198 g/mol. The third kappa shape index (κ3) is 2.32. The molecule has 1 atom stereocenters. The molecule has 0 radical (unpaired) electrons. The molecule has 0 aromatic rings. The largest absolute Gasteiger partial charge is 0.0625 e. The Morgan fingerprint density at radius 1 is 0.786 bits per heavy atom. The summed E-state index contributed by atoms with van der Waals surface area (Å²) in [6, 6.07) is 0. The molecular formula is C14H30. The zero-order valence-electron chi connectivity index (χ0n) is 10.0. The molecule has 0 aromatic carbocycles. The predicted octanol–water partition coefficient (Wildman–Crippen LogP) is 5.28. The first-order chi connectivity index (χ1) is 6.70. The van der Waals surface area contributed by atoms with Gasteiger partial charge in [0.1, 0.15) is 0 Å². The Hall–Kier alpha value is 0. The molecular weight excluding hydrogens is 168 g/mol. The summed E-state index contributed by atoms with van der Waals surface area (Å²) in [6.07, 6.45) is 13.7. The van der Waals surface area contributed by atoms with Crippen molar-refractivity contribution in [2.24, 2.45) is 17.3 Å². The minimum Gasteiger partial charge on any atom is -0.0625 e. The van der Waals surface area contributed by atoms with E-state index in [2.05, 4.69) is 13.8 Å². The van der Waals surface area contributed by atoms with Crippen LogP contribution in [0.1, 0.15) is 74.5 Å². The summed E-state index contributed by atoms with van der Waals surface area (Å²) >= 11 is 0. The van der Waals surface area contributed by atoms with Gasteiger partial charge in [0.25, 0.3) is 0 Å². The van der Waals surface area contributed by atoms with E-state index in [9.17, 15) is 0 Å². The van der Waals surface area contributed by atoms with Gasteiger partial charge in [-0.1, -0.05) is 46.0 Å². The first-order valence-corrected chi connectivity index (χ1v) is 6.70. The van der Waals surface area contributed by atoms with Crippen molar-refractivity contribution < 1.29 is 2.85 Å². The van der Waals surface area contributed by atoms with Crippen LogP contribution >= 0.6 is 0 Å². The van der Waals surface area contributed by atoms with Crippen molar-refractivity contribution in [2.75, 3.05) is 0 Å². The van der Waals surface area contributed by atoms with Gasteiger partial charge in [-0.3, -0.25) is 0 Å². The van der Waals surface area contributed by atoms with Gasteiger partial charge in [-0.15, -0.1) is 0 Å². The van der Waals surface area contributed by atoms with Crippen molar-refractivity contribution in [3.63, 3.8) is 0 Å². The molecule has 0 N–H and O–H groups in total. The fourth-order valence-corrected chi connectivity index (χ4v) is 3.52. The maximum Gasteiger partial charge on any atom is 0 e. The van der Waals surface area contributed by atoms with Crippen LogP contribution in [0.3, 0.4) is 0 Å². The second-order valence-electron chi connectivity index (χ2n) is 6.22. The Kier molecular flexibility index (Phi) is 3.19. The average Bonchev–Trinajstić information content (AvgIpc) is 2.36. The zero-order chi connectivity index (χ0) is 10.0. The molecule has 0 aliphatic heterocycles. The normalized spacial score (nSPS) is 45.0. The van der Waals surface area contributed by atoms with Crippen molar-refractivity contribution in [1.29, 1.82) is 0 Å². The summed E-state index contributed by atoms with van der Waals surface area (Å²) in [5, 5.41) is 0. The van der Waals surface area contributed by atoms with Crippen molar-refractivity contribution in [2.45, 2.75) is 71.6 Å². The highest BCUT2D eigenvalue weighted by molar-refractivity contribution is 4.87. The van der Waals surface area contributed by atoms with Gasteiger partial charge in [0.15, 0.2) is 0 Å². The van der Waals surface area contributed by atoms with Crippen molar-refractivity contribution in [3.8, 4) is 0 Å². The first-order valence-electron chi connectivity index (χ1n) is 6.70. The molecule has 0 amide bonds. The third-order valence-electron chi connectivity index (χ3n) is 4.91. The lowest BCUT2D eigenvalue weighted by Crippen LogP contribution is -2.26. The van der Waals surface area contributed by atoms with Crippen LogP contribution < -0.4 is 0 Å². The van der Waals surface area contributed by atoms with Crippen LogP contribution in [-0.2, 0) is 0 Å². The average molecular weight is 198 g/mol. The van der Waals surface area contributed by atoms with E-state index in [1.165, 1.54) is 32.1 Å². The molecule has 1 unspecified atom stereocenters. The van der Waals surface area contributed by atoms with E-state index in [1.807, 2.05) is 0 Å². The zero-order valence-corrected chi connectivity index (χ0v) is 10.0. The minimum atomic E-state index is 0. The van der Waals surface area contributed by atoms with Gasteiger partial charge in [-0.2, -0.15) is 0 Å². The van der Waals surface area contributed by atoms with E-state index in [4.69, 9.17) is 0 Å². The van der Waals surface area contributed by atoms with Gasteiger partial charge in [-0.25, -0.2) is 0 Å². The minimum absolute atomic E-state index is 0. The lowest BCUT2D eigenvalue weighted by Gasteiger charge is -2.39. The van der Waals surface area contributed by atoms with Crippen LogP contribution in [0.15, 0.2) is 0 Å². The van der Waals surface area contributed by atoms with E-state index in [1.54, 1.807) is 25.7 Å². The summed E-state index contributed by atoms with van der Waals surface area (Å²) in [5.74, 6) is 2.02. The van der Waals surface area contributed by atoms with E-state index in [0.717, 1.165) is 17.3 Å². The molecule has 0 nitrogen and oxygen atoms in total. The van der Waals surface area contributed by atoms with Gasteiger partial charge in [0.2, 0.25) is 0 Å². The Bertz CT molecular complexity index is 178. The van der Waals surface area contributed by atoms with Crippen molar-refractivity contribution in [3.05, 3.63) is 0 Å². The lowest BCUT2D eigenvalue weighted by atomic mass is 9.67. The summed E-state index contributed by atoms with van der Waals surface area (Å²) < 4.78 is 0. The number of rotatable bonds is 0. The maximum atomic E-state index is 2.45. The molecule has 1 spiro atoms. The summed E-state index contributed by atoms with van der Waals surface area (Å²) in [4.78, 5) is 0. The molecule has 2 aliphatic carbocycles. The summed E-state index contributed by atoms with van der Waals surface area (Å²) in [6.45, 7) is 4.89. The number of hydrogen-bond acceptors (Lipinski definition) is 0. The molecule has 0 saturated heterocycles. The van der Waals surface area contributed by atoms with Crippen molar-refractivity contribution >= 4 is 0 Å². The molecule has 2 rings (SSSR count). The van der Waals surface area contributed by atoms with Crippen molar-refractivity contribution in [1.82, 2.24) is 0 Å². The fraction of sp³-hybridized carbons (Fsp3) is 1.00. The van der Waals surface area contributed by atoms with E-state index in [-0.39, 0.29) is 2.85 Å².